The average Bonchev–Trinajstić information content (AvgIpc) is 3.27. The molecule has 2 aromatic carbocycles. The van der Waals surface area contributed by atoms with Crippen molar-refractivity contribution < 1.29 is 4.42 Å². The van der Waals surface area contributed by atoms with Crippen LogP contribution in [0, 0.1) is 0 Å². The van der Waals surface area contributed by atoms with Crippen LogP contribution in [0.3, 0.4) is 0 Å². The molecule has 0 bridgehead atoms. The lowest BCUT2D eigenvalue weighted by atomic mass is 10.0. The highest BCUT2D eigenvalue weighted by Gasteiger charge is 2.38. The summed E-state index contributed by atoms with van der Waals surface area (Å²) in [6.07, 6.45) is 1.13. The van der Waals surface area contributed by atoms with E-state index in [2.05, 4.69) is 64.0 Å². The summed E-state index contributed by atoms with van der Waals surface area (Å²) in [5, 5.41) is 10.9. The van der Waals surface area contributed by atoms with Gasteiger partial charge in [0.1, 0.15) is 0 Å². The molecule has 1 heterocycles. The molecule has 116 valence electrons. The van der Waals surface area contributed by atoms with Gasteiger partial charge >= 0.3 is 6.01 Å². The van der Waals surface area contributed by atoms with Crippen molar-refractivity contribution in [2.45, 2.75) is 24.9 Å². The van der Waals surface area contributed by atoms with Gasteiger partial charge in [0.25, 0.3) is 0 Å². The van der Waals surface area contributed by atoms with Crippen molar-refractivity contribution >= 4 is 6.01 Å². The lowest BCUT2D eigenvalue weighted by Gasteiger charge is -2.05. The molecule has 3 N–H and O–H groups in total. The first-order chi connectivity index (χ1) is 11.3. The van der Waals surface area contributed by atoms with Crippen LogP contribution in [-0.4, -0.2) is 16.2 Å². The fourth-order valence-electron chi connectivity index (χ4n) is 2.90. The van der Waals surface area contributed by atoms with Gasteiger partial charge in [-0.25, -0.2) is 0 Å². The lowest BCUT2D eigenvalue weighted by Crippen LogP contribution is -2.17. The fourth-order valence-corrected chi connectivity index (χ4v) is 2.90. The number of benzene rings is 2. The Kier molecular flexibility index (Phi) is 3.55. The summed E-state index contributed by atoms with van der Waals surface area (Å²) < 4.78 is 5.16. The Bertz CT molecular complexity index is 782. The molecule has 5 heteroatoms. The van der Waals surface area contributed by atoms with Crippen LogP contribution in [0.25, 0.3) is 11.1 Å². The Balaban J connectivity index is 1.36. The van der Waals surface area contributed by atoms with Crippen LogP contribution in [0.15, 0.2) is 59.0 Å². The smallest absolute Gasteiger partial charge is 0.312 e. The second-order valence-electron chi connectivity index (χ2n) is 5.85. The summed E-state index contributed by atoms with van der Waals surface area (Å²) in [5.41, 5.74) is 9.28. The van der Waals surface area contributed by atoms with E-state index in [4.69, 9.17) is 10.2 Å². The highest BCUT2D eigenvalue weighted by molar-refractivity contribution is 5.63. The maximum atomic E-state index is 5.41. The van der Waals surface area contributed by atoms with Crippen LogP contribution in [0.2, 0.25) is 0 Å². The third kappa shape index (κ3) is 3.10. The monoisotopic (exact) mass is 306 g/mol. The molecule has 0 amide bonds. The van der Waals surface area contributed by atoms with Crippen LogP contribution in [0.1, 0.15) is 23.8 Å². The second-order valence-corrected chi connectivity index (χ2v) is 5.85. The van der Waals surface area contributed by atoms with Crippen molar-refractivity contribution in [3.05, 3.63) is 66.1 Å². The molecular formula is C18H18N4O. The lowest BCUT2D eigenvalue weighted by molar-refractivity contribution is 0.478. The number of nitrogens with zero attached hydrogens (tertiary/aromatic N) is 2. The zero-order chi connectivity index (χ0) is 15.6. The highest BCUT2D eigenvalue weighted by atomic mass is 16.4. The normalized spacial score (nSPS) is 19.7. The van der Waals surface area contributed by atoms with Crippen LogP contribution < -0.4 is 11.1 Å². The van der Waals surface area contributed by atoms with Crippen molar-refractivity contribution in [2.75, 3.05) is 5.73 Å². The second kappa shape index (κ2) is 5.85. The van der Waals surface area contributed by atoms with Gasteiger partial charge in [-0.2, -0.15) is 0 Å². The number of hydrogen-bond acceptors (Lipinski definition) is 5. The van der Waals surface area contributed by atoms with E-state index in [-0.39, 0.29) is 6.01 Å². The summed E-state index contributed by atoms with van der Waals surface area (Å²) in [6, 6.07) is 19.8. The van der Waals surface area contributed by atoms with Crippen LogP contribution >= 0.6 is 0 Å². The van der Waals surface area contributed by atoms with Gasteiger partial charge < -0.3 is 15.5 Å². The Morgan fingerprint density at radius 3 is 2.43 bits per heavy atom. The molecule has 0 unspecified atom stereocenters. The van der Waals surface area contributed by atoms with Crippen molar-refractivity contribution in [3.63, 3.8) is 0 Å². The van der Waals surface area contributed by atoms with Gasteiger partial charge in [-0.05, 0) is 23.1 Å². The highest BCUT2D eigenvalue weighted by Crippen LogP contribution is 2.41. The number of nitrogens with one attached hydrogen (secondary N) is 1. The van der Waals surface area contributed by atoms with Crippen molar-refractivity contribution in [1.29, 1.82) is 0 Å². The van der Waals surface area contributed by atoms with E-state index in [1.807, 2.05) is 6.07 Å². The maximum absolute atomic E-state index is 5.41. The molecule has 2 atom stereocenters. The minimum absolute atomic E-state index is 0.116. The predicted octanol–water partition coefficient (Wildman–Crippen LogP) is 2.96. The molecule has 1 aliphatic rings. The molecule has 0 spiro atoms. The zero-order valence-corrected chi connectivity index (χ0v) is 12.6. The number of hydrogen-bond donors (Lipinski definition) is 2. The summed E-state index contributed by atoms with van der Waals surface area (Å²) in [7, 11) is 0. The molecule has 1 aliphatic carbocycles. The van der Waals surface area contributed by atoms with E-state index in [0.717, 1.165) is 6.42 Å². The number of nitrogens with two attached hydrogens (primary N) is 1. The van der Waals surface area contributed by atoms with Crippen molar-refractivity contribution in [3.8, 4) is 11.1 Å². The predicted molar refractivity (Wildman–Crippen MR) is 88.6 cm³/mol. The van der Waals surface area contributed by atoms with E-state index >= 15 is 0 Å². The van der Waals surface area contributed by atoms with E-state index in [0.29, 0.717) is 24.4 Å². The largest absolute Gasteiger partial charge is 0.407 e. The van der Waals surface area contributed by atoms with Gasteiger partial charge in [0.05, 0.1) is 6.54 Å². The molecule has 0 aliphatic heterocycles. The molecule has 1 fully saturated rings. The topological polar surface area (TPSA) is 77.0 Å². The third-order valence-corrected chi connectivity index (χ3v) is 4.23. The van der Waals surface area contributed by atoms with Crippen LogP contribution in [0.5, 0.6) is 0 Å². The minimum Gasteiger partial charge on any atom is -0.407 e. The Morgan fingerprint density at radius 1 is 1.00 bits per heavy atom. The first-order valence-corrected chi connectivity index (χ1v) is 7.76. The minimum atomic E-state index is 0.116. The van der Waals surface area contributed by atoms with Crippen LogP contribution in [-0.2, 0) is 6.54 Å². The molecule has 0 saturated heterocycles. The number of anilines is 1. The first kappa shape index (κ1) is 14.0. The third-order valence-electron chi connectivity index (χ3n) is 4.23. The van der Waals surface area contributed by atoms with Crippen LogP contribution in [0.4, 0.5) is 6.01 Å². The SMILES string of the molecule is Nc1nnc(CN[C@@H]2C[C@H]2c2ccc(-c3ccccc3)cc2)o1. The molecule has 3 aromatic rings. The number of nitrogen functional groups attached to an aromatic ring is 1. The average molecular weight is 306 g/mol. The standard InChI is InChI=1S/C18H18N4O/c19-18-22-21-17(23-18)11-20-16-10-15(16)14-8-6-13(7-9-14)12-4-2-1-3-5-12/h1-9,15-16,20H,10-11H2,(H2,19,22)/t15-,16+/m0/s1. The Morgan fingerprint density at radius 2 is 1.74 bits per heavy atom. The summed E-state index contributed by atoms with van der Waals surface area (Å²) >= 11 is 0. The maximum Gasteiger partial charge on any atom is 0.312 e. The van der Waals surface area contributed by atoms with Gasteiger partial charge in [0.2, 0.25) is 5.89 Å². The van der Waals surface area contributed by atoms with E-state index in [1.54, 1.807) is 0 Å². The number of aromatic nitrogens is 2. The van der Waals surface area contributed by atoms with Gasteiger partial charge in [0.15, 0.2) is 0 Å². The molecule has 0 radical (unpaired) electrons. The van der Waals surface area contributed by atoms with Gasteiger partial charge in [0, 0.05) is 12.0 Å². The van der Waals surface area contributed by atoms with E-state index in [1.165, 1.54) is 16.7 Å². The number of rotatable bonds is 5. The molecule has 5 nitrogen and oxygen atoms in total. The Labute approximate surface area is 134 Å². The summed E-state index contributed by atoms with van der Waals surface area (Å²) in [5.74, 6) is 1.09. The molecule has 1 saturated carbocycles. The molecule has 23 heavy (non-hydrogen) atoms. The van der Waals surface area contributed by atoms with Gasteiger partial charge in [-0.3, -0.25) is 0 Å². The van der Waals surface area contributed by atoms with E-state index < -0.39 is 0 Å². The zero-order valence-electron chi connectivity index (χ0n) is 12.6. The molecule has 1 aromatic heterocycles. The van der Waals surface area contributed by atoms with Gasteiger partial charge in [-0.15, -0.1) is 5.10 Å². The van der Waals surface area contributed by atoms with E-state index in [9.17, 15) is 0 Å². The summed E-state index contributed by atoms with van der Waals surface area (Å²) in [4.78, 5) is 0. The van der Waals surface area contributed by atoms with Crippen molar-refractivity contribution in [2.24, 2.45) is 0 Å². The fraction of sp³-hybridized carbons (Fsp3) is 0.222. The quantitative estimate of drug-likeness (QED) is 0.758. The Hall–Kier alpha value is -2.66. The van der Waals surface area contributed by atoms with Gasteiger partial charge in [-0.1, -0.05) is 59.7 Å². The molecule has 4 rings (SSSR count). The molecular weight excluding hydrogens is 288 g/mol. The van der Waals surface area contributed by atoms with Crippen molar-refractivity contribution in [1.82, 2.24) is 15.5 Å². The first-order valence-electron chi connectivity index (χ1n) is 7.76. The summed E-state index contributed by atoms with van der Waals surface area (Å²) in [6.45, 7) is 0.563.